The van der Waals surface area contributed by atoms with Crippen LogP contribution in [0.25, 0.3) is 20.9 Å². The minimum absolute atomic E-state index is 0.218. The van der Waals surface area contributed by atoms with Crippen LogP contribution in [0.5, 0.6) is 0 Å². The molecule has 6 nitrogen and oxygen atoms in total. The van der Waals surface area contributed by atoms with Crippen LogP contribution in [0.3, 0.4) is 0 Å². The molecule has 0 heterocycles. The lowest BCUT2D eigenvalue weighted by molar-refractivity contribution is 1.20. The molecule has 0 rings (SSSR count). The molecule has 0 aliphatic carbocycles. The van der Waals surface area contributed by atoms with Crippen LogP contribution in [0, 0.1) is 0 Å². The molecule has 0 aromatic heterocycles. The third-order valence-corrected chi connectivity index (χ3v) is 0.474. The number of azide groups is 2. The zero-order valence-corrected chi connectivity index (χ0v) is 4.55. The lowest BCUT2D eigenvalue weighted by Crippen LogP contribution is -1.62. The Morgan fingerprint density at radius 1 is 1.33 bits per heavy atom. The van der Waals surface area contributed by atoms with Gasteiger partial charge < -0.3 is 0 Å². The SMILES string of the molecule is [N-]=[N+]=NC=CCN=[N+]=[N-]. The summed E-state index contributed by atoms with van der Waals surface area (Å²) in [6.07, 6.45) is 2.69. The van der Waals surface area contributed by atoms with Crippen molar-refractivity contribution in [3.05, 3.63) is 33.2 Å². The Morgan fingerprint density at radius 3 is 2.67 bits per heavy atom. The van der Waals surface area contributed by atoms with Gasteiger partial charge in [-0.3, -0.25) is 0 Å². The Morgan fingerprint density at radius 2 is 2.11 bits per heavy atom. The third-order valence-electron chi connectivity index (χ3n) is 0.474. The zero-order valence-electron chi connectivity index (χ0n) is 4.55. The second-order valence-electron chi connectivity index (χ2n) is 1.00. The topological polar surface area (TPSA) is 97.5 Å². The maximum Gasteiger partial charge on any atom is 0.0441 e. The number of hydrogen-bond acceptors (Lipinski definition) is 2. The summed E-state index contributed by atoms with van der Waals surface area (Å²) in [6.45, 7) is 0.218. The summed E-state index contributed by atoms with van der Waals surface area (Å²) in [4.78, 5) is 4.91. The standard InChI is InChI=1S/C3H4N6/c4-8-6-2-1-3-7-9-5/h1-2H,3H2. The Balaban J connectivity index is 3.47. The first-order chi connectivity index (χ1) is 4.41. The van der Waals surface area contributed by atoms with Crippen LogP contribution >= 0.6 is 0 Å². The minimum Gasteiger partial charge on any atom is -0.0899 e. The summed E-state index contributed by atoms with van der Waals surface area (Å²) in [5.41, 5.74) is 15.5. The molecule has 46 valence electrons. The van der Waals surface area contributed by atoms with E-state index >= 15 is 0 Å². The minimum atomic E-state index is 0.218. The van der Waals surface area contributed by atoms with Crippen molar-refractivity contribution in [1.29, 1.82) is 0 Å². The molecule has 0 aromatic rings. The highest BCUT2D eigenvalue weighted by molar-refractivity contribution is 4.81. The number of nitrogens with zero attached hydrogens (tertiary/aromatic N) is 6. The fraction of sp³-hybridized carbons (Fsp3) is 0.333. The molecule has 6 heteroatoms. The molecule has 0 amide bonds. The summed E-state index contributed by atoms with van der Waals surface area (Å²) >= 11 is 0. The van der Waals surface area contributed by atoms with Crippen LogP contribution < -0.4 is 0 Å². The van der Waals surface area contributed by atoms with Crippen molar-refractivity contribution in [2.75, 3.05) is 6.54 Å². The molecule has 0 spiro atoms. The van der Waals surface area contributed by atoms with E-state index in [1.807, 2.05) is 0 Å². The van der Waals surface area contributed by atoms with Crippen molar-refractivity contribution in [2.24, 2.45) is 10.2 Å². The van der Waals surface area contributed by atoms with Crippen LogP contribution in [-0.4, -0.2) is 6.54 Å². The molecular formula is C3H4N6. The third kappa shape index (κ3) is 6.36. The quantitative estimate of drug-likeness (QED) is 0.312. The first kappa shape index (κ1) is 7.36. The largest absolute Gasteiger partial charge is 0.0899 e. The van der Waals surface area contributed by atoms with Crippen molar-refractivity contribution >= 4 is 0 Å². The van der Waals surface area contributed by atoms with E-state index < -0.39 is 0 Å². The van der Waals surface area contributed by atoms with Gasteiger partial charge in [0.25, 0.3) is 0 Å². The highest BCUT2D eigenvalue weighted by Gasteiger charge is 1.65. The molecule has 0 unspecified atom stereocenters. The van der Waals surface area contributed by atoms with Gasteiger partial charge in [-0.15, -0.1) is 0 Å². The smallest absolute Gasteiger partial charge is 0.0441 e. The molecule has 0 aromatic carbocycles. The van der Waals surface area contributed by atoms with Crippen LogP contribution in [0.15, 0.2) is 22.5 Å². The summed E-state index contributed by atoms with van der Waals surface area (Å²) in [5.74, 6) is 0. The maximum absolute atomic E-state index is 7.74. The van der Waals surface area contributed by atoms with Gasteiger partial charge in [0, 0.05) is 16.4 Å². The van der Waals surface area contributed by atoms with E-state index in [4.69, 9.17) is 11.1 Å². The fourth-order valence-electron chi connectivity index (χ4n) is 0.208. The van der Waals surface area contributed by atoms with Gasteiger partial charge in [-0.1, -0.05) is 16.3 Å². The molecule has 0 aliphatic rings. The second kappa shape index (κ2) is 6.36. The average Bonchev–Trinajstić information content (AvgIpc) is 1.89. The van der Waals surface area contributed by atoms with Crippen molar-refractivity contribution in [2.45, 2.75) is 0 Å². The van der Waals surface area contributed by atoms with Gasteiger partial charge >= 0.3 is 0 Å². The van der Waals surface area contributed by atoms with Gasteiger partial charge in [-0.25, -0.2) is 0 Å². The Bertz CT molecular complexity index is 180. The summed E-state index contributed by atoms with van der Waals surface area (Å²) in [7, 11) is 0. The van der Waals surface area contributed by atoms with Crippen molar-refractivity contribution < 1.29 is 0 Å². The lowest BCUT2D eigenvalue weighted by atomic mass is 10.6. The Labute approximate surface area is 51.0 Å². The summed E-state index contributed by atoms with van der Waals surface area (Å²) in [5, 5.41) is 6.21. The van der Waals surface area contributed by atoms with Crippen LogP contribution in [0.1, 0.15) is 0 Å². The van der Waals surface area contributed by atoms with E-state index in [-0.39, 0.29) is 6.54 Å². The van der Waals surface area contributed by atoms with Gasteiger partial charge in [0.15, 0.2) is 0 Å². The lowest BCUT2D eigenvalue weighted by Gasteiger charge is -1.69. The molecule has 9 heavy (non-hydrogen) atoms. The van der Waals surface area contributed by atoms with E-state index in [9.17, 15) is 0 Å². The van der Waals surface area contributed by atoms with Crippen molar-refractivity contribution in [3.8, 4) is 0 Å². The summed E-state index contributed by atoms with van der Waals surface area (Å²) in [6, 6.07) is 0. The Hall–Kier alpha value is -1.64. The van der Waals surface area contributed by atoms with E-state index in [1.165, 1.54) is 12.3 Å². The Kier molecular flexibility index (Phi) is 5.20. The number of rotatable bonds is 3. The molecule has 0 N–H and O–H groups in total. The fourth-order valence-corrected chi connectivity index (χ4v) is 0.208. The first-order valence-electron chi connectivity index (χ1n) is 2.12. The first-order valence-corrected chi connectivity index (χ1v) is 2.12. The molecule has 0 aliphatic heterocycles. The van der Waals surface area contributed by atoms with E-state index in [1.54, 1.807) is 0 Å². The van der Waals surface area contributed by atoms with E-state index in [2.05, 4.69) is 20.1 Å². The molecular weight excluding hydrogens is 120 g/mol. The summed E-state index contributed by atoms with van der Waals surface area (Å²) < 4.78 is 0. The van der Waals surface area contributed by atoms with Crippen LogP contribution in [0.4, 0.5) is 0 Å². The van der Waals surface area contributed by atoms with Crippen LogP contribution in [-0.2, 0) is 0 Å². The van der Waals surface area contributed by atoms with Crippen molar-refractivity contribution in [3.63, 3.8) is 0 Å². The van der Waals surface area contributed by atoms with E-state index in [0.29, 0.717) is 0 Å². The second-order valence-corrected chi connectivity index (χ2v) is 1.00. The predicted octanol–water partition coefficient (Wildman–Crippen LogP) is 2.12. The van der Waals surface area contributed by atoms with Gasteiger partial charge in [-0.05, 0) is 17.3 Å². The van der Waals surface area contributed by atoms with Gasteiger partial charge in [-0.2, -0.15) is 0 Å². The molecule has 0 radical (unpaired) electrons. The molecule has 0 fully saturated rings. The monoisotopic (exact) mass is 124 g/mol. The number of hydrogen-bond donors (Lipinski definition) is 0. The van der Waals surface area contributed by atoms with Gasteiger partial charge in [0.05, 0.1) is 0 Å². The molecule has 0 atom stereocenters. The highest BCUT2D eigenvalue weighted by atomic mass is 15.1. The highest BCUT2D eigenvalue weighted by Crippen LogP contribution is 1.77. The normalized spacial score (nSPS) is 8.00. The zero-order chi connectivity index (χ0) is 6.95. The predicted molar refractivity (Wildman–Crippen MR) is 32.3 cm³/mol. The molecule has 0 saturated heterocycles. The maximum atomic E-state index is 7.74. The van der Waals surface area contributed by atoms with Gasteiger partial charge in [0.1, 0.15) is 0 Å². The van der Waals surface area contributed by atoms with Crippen molar-refractivity contribution in [1.82, 2.24) is 0 Å². The molecule has 0 saturated carbocycles. The molecule has 0 bridgehead atoms. The average molecular weight is 124 g/mol. The van der Waals surface area contributed by atoms with E-state index in [0.717, 1.165) is 0 Å². The van der Waals surface area contributed by atoms with Gasteiger partial charge in [0.2, 0.25) is 0 Å². The van der Waals surface area contributed by atoms with Crippen LogP contribution in [0.2, 0.25) is 0 Å².